The Morgan fingerprint density at radius 3 is 2.58 bits per heavy atom. The first-order valence-electron chi connectivity index (χ1n) is 3.65. The average Bonchev–Trinajstić information content (AvgIpc) is 2.57. The van der Waals surface area contributed by atoms with Gasteiger partial charge in [0.25, 0.3) is 0 Å². The molecule has 0 N–H and O–H groups in total. The van der Waals surface area contributed by atoms with Crippen LogP contribution in [0, 0.1) is 0 Å². The summed E-state index contributed by atoms with van der Waals surface area (Å²) in [7, 11) is 0. The normalized spacial score (nSPS) is 10.1. The molecule has 0 saturated heterocycles. The molecule has 0 radical (unpaired) electrons. The van der Waals surface area contributed by atoms with Crippen molar-refractivity contribution in [2.24, 2.45) is 0 Å². The molecule has 1 heterocycles. The molecule has 1 aromatic carbocycles. The SMILES string of the molecule is Brc1ccccc1-c1cc[se]c1. The fourth-order valence-electron chi connectivity index (χ4n) is 1.11. The Morgan fingerprint density at radius 2 is 1.92 bits per heavy atom. The Balaban J connectivity index is 2.55. The molecule has 2 rings (SSSR count). The van der Waals surface area contributed by atoms with Gasteiger partial charge in [0.2, 0.25) is 0 Å². The molecular weight excluding hydrogens is 279 g/mol. The van der Waals surface area contributed by atoms with Gasteiger partial charge in [-0.15, -0.1) is 0 Å². The van der Waals surface area contributed by atoms with Crippen molar-refractivity contribution in [1.29, 1.82) is 0 Å². The summed E-state index contributed by atoms with van der Waals surface area (Å²) in [6, 6.07) is 10.5. The van der Waals surface area contributed by atoms with Gasteiger partial charge < -0.3 is 0 Å². The summed E-state index contributed by atoms with van der Waals surface area (Å²) in [6.45, 7) is 0. The Morgan fingerprint density at radius 1 is 1.08 bits per heavy atom. The zero-order valence-corrected chi connectivity index (χ0v) is 9.63. The number of hydrogen-bond acceptors (Lipinski definition) is 0. The fraction of sp³-hybridized carbons (Fsp3) is 0. The van der Waals surface area contributed by atoms with E-state index in [-0.39, 0.29) is 0 Å². The van der Waals surface area contributed by atoms with Gasteiger partial charge in [0.05, 0.1) is 0 Å². The van der Waals surface area contributed by atoms with Gasteiger partial charge >= 0.3 is 86.2 Å². The van der Waals surface area contributed by atoms with E-state index in [1.165, 1.54) is 15.6 Å². The van der Waals surface area contributed by atoms with Crippen LogP contribution in [0.4, 0.5) is 0 Å². The van der Waals surface area contributed by atoms with Crippen molar-refractivity contribution < 1.29 is 0 Å². The van der Waals surface area contributed by atoms with E-state index in [0.717, 1.165) is 0 Å². The second-order valence-corrected chi connectivity index (χ2v) is 4.98. The van der Waals surface area contributed by atoms with Crippen LogP contribution in [0.15, 0.2) is 44.7 Å². The molecule has 0 aliphatic carbocycles. The molecule has 0 aliphatic heterocycles. The molecule has 12 heavy (non-hydrogen) atoms. The molecule has 1 aromatic heterocycles. The van der Waals surface area contributed by atoms with E-state index >= 15 is 0 Å². The minimum absolute atomic E-state index is 0.574. The summed E-state index contributed by atoms with van der Waals surface area (Å²) in [5, 5.41) is 0. The second kappa shape index (κ2) is 3.61. The molecule has 0 amide bonds. The molecule has 0 fully saturated rings. The third-order valence-corrected chi connectivity index (χ3v) is 3.83. The zero-order valence-electron chi connectivity index (χ0n) is 6.33. The quantitative estimate of drug-likeness (QED) is 0.706. The third kappa shape index (κ3) is 1.56. The number of hydrogen-bond donors (Lipinski definition) is 0. The zero-order chi connectivity index (χ0) is 8.39. The fourth-order valence-corrected chi connectivity index (χ4v) is 3.00. The maximum atomic E-state index is 3.54. The number of halogens is 1. The standard InChI is InChI=1S/C10H7BrSe/c11-10-4-2-1-3-9(10)8-5-6-12-7-8/h1-7H. The first-order valence-corrected chi connectivity index (χ1v) is 6.42. The van der Waals surface area contributed by atoms with Crippen LogP contribution in [-0.4, -0.2) is 14.5 Å². The van der Waals surface area contributed by atoms with Gasteiger partial charge in [0.15, 0.2) is 0 Å². The van der Waals surface area contributed by atoms with Crippen LogP contribution in [0.25, 0.3) is 11.1 Å². The summed E-state index contributed by atoms with van der Waals surface area (Å²) in [5.74, 6) is 0. The molecule has 0 unspecified atom stereocenters. The average molecular weight is 286 g/mol. The molecule has 0 saturated carbocycles. The van der Waals surface area contributed by atoms with Crippen LogP contribution in [0.3, 0.4) is 0 Å². The third-order valence-electron chi connectivity index (χ3n) is 1.71. The van der Waals surface area contributed by atoms with Crippen LogP contribution in [-0.2, 0) is 0 Å². The number of benzene rings is 1. The molecular formula is C10H7BrSe. The first kappa shape index (κ1) is 8.30. The first-order chi connectivity index (χ1) is 5.88. The summed E-state index contributed by atoms with van der Waals surface area (Å²) < 4.78 is 1.18. The van der Waals surface area contributed by atoms with Gasteiger partial charge in [-0.3, -0.25) is 0 Å². The Bertz CT molecular complexity index is 365. The molecule has 0 spiro atoms. The second-order valence-electron chi connectivity index (χ2n) is 2.49. The summed E-state index contributed by atoms with van der Waals surface area (Å²) in [4.78, 5) is 4.54. The predicted molar refractivity (Wildman–Crippen MR) is 56.5 cm³/mol. The van der Waals surface area contributed by atoms with Crippen LogP contribution in [0.1, 0.15) is 0 Å². The van der Waals surface area contributed by atoms with E-state index in [1.807, 2.05) is 6.07 Å². The van der Waals surface area contributed by atoms with Gasteiger partial charge in [0, 0.05) is 0 Å². The van der Waals surface area contributed by atoms with E-state index in [2.05, 4.69) is 50.1 Å². The predicted octanol–water partition coefficient (Wildman–Crippen LogP) is 3.17. The van der Waals surface area contributed by atoms with Gasteiger partial charge in [-0.25, -0.2) is 0 Å². The molecule has 0 atom stereocenters. The summed E-state index contributed by atoms with van der Waals surface area (Å²) >= 11 is 4.11. The van der Waals surface area contributed by atoms with Gasteiger partial charge in [-0.1, -0.05) is 0 Å². The Labute approximate surface area is 86.1 Å². The van der Waals surface area contributed by atoms with Crippen LogP contribution >= 0.6 is 15.9 Å². The topological polar surface area (TPSA) is 0 Å². The van der Waals surface area contributed by atoms with Crippen LogP contribution < -0.4 is 0 Å². The monoisotopic (exact) mass is 286 g/mol. The maximum absolute atomic E-state index is 3.54. The van der Waals surface area contributed by atoms with Crippen LogP contribution in [0.2, 0.25) is 0 Å². The molecule has 2 aromatic rings. The minimum atomic E-state index is 0.574. The molecule has 60 valence electrons. The van der Waals surface area contributed by atoms with E-state index in [9.17, 15) is 0 Å². The van der Waals surface area contributed by atoms with E-state index in [1.54, 1.807) is 0 Å². The molecule has 0 nitrogen and oxygen atoms in total. The van der Waals surface area contributed by atoms with E-state index in [0.29, 0.717) is 14.5 Å². The number of rotatable bonds is 1. The molecule has 0 bridgehead atoms. The Hall–Kier alpha value is -0.301. The van der Waals surface area contributed by atoms with E-state index < -0.39 is 0 Å². The van der Waals surface area contributed by atoms with Gasteiger partial charge in [-0.05, 0) is 0 Å². The van der Waals surface area contributed by atoms with Crippen molar-refractivity contribution in [1.82, 2.24) is 0 Å². The van der Waals surface area contributed by atoms with Gasteiger partial charge in [-0.2, -0.15) is 0 Å². The Kier molecular flexibility index (Phi) is 2.50. The van der Waals surface area contributed by atoms with Crippen molar-refractivity contribution >= 4 is 30.4 Å². The van der Waals surface area contributed by atoms with E-state index in [4.69, 9.17) is 0 Å². The molecule has 0 aliphatic rings. The van der Waals surface area contributed by atoms with Crippen molar-refractivity contribution in [2.75, 3.05) is 0 Å². The van der Waals surface area contributed by atoms with Gasteiger partial charge in [0.1, 0.15) is 0 Å². The van der Waals surface area contributed by atoms with Crippen molar-refractivity contribution in [3.63, 3.8) is 0 Å². The molecule has 2 heteroatoms. The van der Waals surface area contributed by atoms with Crippen molar-refractivity contribution in [3.8, 4) is 11.1 Å². The van der Waals surface area contributed by atoms with Crippen molar-refractivity contribution in [2.45, 2.75) is 0 Å². The summed E-state index contributed by atoms with van der Waals surface area (Å²) in [5.41, 5.74) is 2.65. The summed E-state index contributed by atoms with van der Waals surface area (Å²) in [6.07, 6.45) is 0. The van der Waals surface area contributed by atoms with Crippen LogP contribution in [0.5, 0.6) is 0 Å². The van der Waals surface area contributed by atoms with Crippen molar-refractivity contribution in [3.05, 3.63) is 44.7 Å².